The SMILES string of the molecule is CCCCN(c1ccccc1)C1(CN)CCC(C)(C)C1. The minimum atomic E-state index is 0.153. The normalized spacial score (nSPS) is 24.8. The summed E-state index contributed by atoms with van der Waals surface area (Å²) >= 11 is 0. The van der Waals surface area contributed by atoms with Crippen LogP contribution in [-0.4, -0.2) is 18.6 Å². The highest BCUT2D eigenvalue weighted by Crippen LogP contribution is 2.47. The van der Waals surface area contributed by atoms with Gasteiger partial charge in [-0.25, -0.2) is 0 Å². The van der Waals surface area contributed by atoms with Gasteiger partial charge in [-0.2, -0.15) is 0 Å². The molecule has 2 heteroatoms. The summed E-state index contributed by atoms with van der Waals surface area (Å²) in [5, 5.41) is 0. The number of nitrogens with two attached hydrogens (primary N) is 1. The molecule has 1 fully saturated rings. The molecule has 1 aliphatic carbocycles. The lowest BCUT2D eigenvalue weighted by Gasteiger charge is -2.43. The Morgan fingerprint density at radius 2 is 1.85 bits per heavy atom. The van der Waals surface area contributed by atoms with E-state index in [9.17, 15) is 0 Å². The summed E-state index contributed by atoms with van der Waals surface area (Å²) in [6, 6.07) is 10.8. The third-order valence-corrected chi connectivity index (χ3v) is 4.83. The predicted molar refractivity (Wildman–Crippen MR) is 88.1 cm³/mol. The van der Waals surface area contributed by atoms with Crippen molar-refractivity contribution in [2.24, 2.45) is 11.1 Å². The van der Waals surface area contributed by atoms with Crippen LogP contribution in [0.25, 0.3) is 0 Å². The van der Waals surface area contributed by atoms with Gasteiger partial charge >= 0.3 is 0 Å². The number of benzene rings is 1. The van der Waals surface area contributed by atoms with E-state index in [1.165, 1.54) is 37.8 Å². The van der Waals surface area contributed by atoms with E-state index < -0.39 is 0 Å². The van der Waals surface area contributed by atoms with Crippen LogP contribution in [-0.2, 0) is 0 Å². The van der Waals surface area contributed by atoms with Crippen LogP contribution in [0.15, 0.2) is 30.3 Å². The average Bonchev–Trinajstić information content (AvgIpc) is 2.77. The Kier molecular flexibility index (Phi) is 4.74. The Bertz CT molecular complexity index is 413. The number of rotatable bonds is 6. The highest BCUT2D eigenvalue weighted by atomic mass is 15.2. The second-order valence-corrected chi connectivity index (χ2v) is 7.11. The maximum absolute atomic E-state index is 6.26. The van der Waals surface area contributed by atoms with Crippen LogP contribution in [0, 0.1) is 5.41 Å². The van der Waals surface area contributed by atoms with Gasteiger partial charge in [-0.15, -0.1) is 0 Å². The summed E-state index contributed by atoms with van der Waals surface area (Å²) in [4.78, 5) is 2.60. The fraction of sp³-hybridized carbons (Fsp3) is 0.667. The second-order valence-electron chi connectivity index (χ2n) is 7.11. The zero-order valence-electron chi connectivity index (χ0n) is 13.4. The van der Waals surface area contributed by atoms with Gasteiger partial charge in [0, 0.05) is 18.8 Å². The fourth-order valence-electron chi connectivity index (χ4n) is 3.72. The van der Waals surface area contributed by atoms with Gasteiger partial charge in [0.15, 0.2) is 0 Å². The molecule has 20 heavy (non-hydrogen) atoms. The maximum Gasteiger partial charge on any atom is 0.0529 e. The summed E-state index contributed by atoms with van der Waals surface area (Å²) in [6.45, 7) is 8.90. The molecule has 0 spiro atoms. The van der Waals surface area contributed by atoms with Gasteiger partial charge in [-0.05, 0) is 43.2 Å². The summed E-state index contributed by atoms with van der Waals surface area (Å²) in [7, 11) is 0. The molecule has 1 atom stereocenters. The van der Waals surface area contributed by atoms with Gasteiger partial charge in [-0.3, -0.25) is 0 Å². The van der Waals surface area contributed by atoms with Crippen LogP contribution in [0.1, 0.15) is 52.9 Å². The molecule has 1 aromatic rings. The number of unbranched alkanes of at least 4 members (excludes halogenated alkanes) is 1. The third-order valence-electron chi connectivity index (χ3n) is 4.83. The first-order chi connectivity index (χ1) is 9.53. The van der Waals surface area contributed by atoms with E-state index in [1.54, 1.807) is 0 Å². The number of para-hydroxylation sites is 1. The molecule has 2 N–H and O–H groups in total. The molecule has 0 heterocycles. The van der Waals surface area contributed by atoms with E-state index in [-0.39, 0.29) is 5.54 Å². The van der Waals surface area contributed by atoms with E-state index in [2.05, 4.69) is 56.0 Å². The summed E-state index contributed by atoms with van der Waals surface area (Å²) in [5.74, 6) is 0. The smallest absolute Gasteiger partial charge is 0.0529 e. The number of nitrogens with zero attached hydrogens (tertiary/aromatic N) is 1. The standard InChI is InChI=1S/C18H30N2/c1-4-5-13-20(16-9-7-6-8-10-16)18(15-19)12-11-17(2,3)14-18/h6-10H,4-5,11-15,19H2,1-3H3. The van der Waals surface area contributed by atoms with Gasteiger partial charge in [0.2, 0.25) is 0 Å². The highest BCUT2D eigenvalue weighted by Gasteiger charge is 2.46. The van der Waals surface area contributed by atoms with Crippen LogP contribution in [0.4, 0.5) is 5.69 Å². The second kappa shape index (κ2) is 6.17. The van der Waals surface area contributed by atoms with Crippen LogP contribution in [0.3, 0.4) is 0 Å². The van der Waals surface area contributed by atoms with Crippen molar-refractivity contribution in [1.29, 1.82) is 0 Å². The zero-order valence-corrected chi connectivity index (χ0v) is 13.4. The van der Waals surface area contributed by atoms with E-state index in [0.29, 0.717) is 5.41 Å². The Morgan fingerprint density at radius 3 is 2.35 bits per heavy atom. The number of hydrogen-bond donors (Lipinski definition) is 1. The molecule has 0 saturated heterocycles. The third kappa shape index (κ3) is 3.17. The van der Waals surface area contributed by atoms with Crippen molar-refractivity contribution in [3.05, 3.63) is 30.3 Å². The maximum atomic E-state index is 6.26. The molecule has 112 valence electrons. The molecule has 0 bridgehead atoms. The quantitative estimate of drug-likeness (QED) is 0.842. The average molecular weight is 274 g/mol. The van der Waals surface area contributed by atoms with Crippen molar-refractivity contribution < 1.29 is 0 Å². The highest BCUT2D eigenvalue weighted by molar-refractivity contribution is 5.49. The molecule has 0 aromatic heterocycles. The van der Waals surface area contributed by atoms with Crippen molar-refractivity contribution in [3.8, 4) is 0 Å². The first-order valence-corrected chi connectivity index (χ1v) is 8.06. The molecule has 1 unspecified atom stereocenters. The van der Waals surface area contributed by atoms with Gasteiger partial charge in [0.25, 0.3) is 0 Å². The van der Waals surface area contributed by atoms with Gasteiger partial charge in [-0.1, -0.05) is 45.4 Å². The van der Waals surface area contributed by atoms with E-state index >= 15 is 0 Å². The van der Waals surface area contributed by atoms with Gasteiger partial charge < -0.3 is 10.6 Å². The van der Waals surface area contributed by atoms with Crippen LogP contribution in [0.2, 0.25) is 0 Å². The van der Waals surface area contributed by atoms with Crippen molar-refractivity contribution in [1.82, 2.24) is 0 Å². The molecule has 1 aromatic carbocycles. The molecule has 2 nitrogen and oxygen atoms in total. The first-order valence-electron chi connectivity index (χ1n) is 8.06. The van der Waals surface area contributed by atoms with Crippen LogP contribution in [0.5, 0.6) is 0 Å². The lowest BCUT2D eigenvalue weighted by Crippen LogP contribution is -2.53. The molecule has 2 rings (SSSR count). The zero-order chi connectivity index (χ0) is 14.6. The molecule has 1 aliphatic rings. The monoisotopic (exact) mass is 274 g/mol. The molecule has 1 saturated carbocycles. The molecule has 0 amide bonds. The molecular weight excluding hydrogens is 244 g/mol. The predicted octanol–water partition coefficient (Wildman–Crippen LogP) is 4.20. The topological polar surface area (TPSA) is 29.3 Å². The lowest BCUT2D eigenvalue weighted by atomic mass is 9.86. The molecular formula is C18H30N2. The molecule has 0 radical (unpaired) electrons. The van der Waals surface area contributed by atoms with Crippen molar-refractivity contribution in [3.63, 3.8) is 0 Å². The lowest BCUT2D eigenvalue weighted by molar-refractivity contribution is 0.323. The van der Waals surface area contributed by atoms with Crippen LogP contribution >= 0.6 is 0 Å². The van der Waals surface area contributed by atoms with Crippen molar-refractivity contribution in [2.75, 3.05) is 18.0 Å². The fourth-order valence-corrected chi connectivity index (χ4v) is 3.72. The first kappa shape index (κ1) is 15.4. The summed E-state index contributed by atoms with van der Waals surface area (Å²) in [5.41, 5.74) is 8.16. The molecule has 0 aliphatic heterocycles. The van der Waals surface area contributed by atoms with E-state index in [1.807, 2.05) is 0 Å². The number of anilines is 1. The number of hydrogen-bond acceptors (Lipinski definition) is 2. The Hall–Kier alpha value is -1.02. The van der Waals surface area contributed by atoms with E-state index in [4.69, 9.17) is 5.73 Å². The van der Waals surface area contributed by atoms with Gasteiger partial charge in [0.05, 0.1) is 5.54 Å². The van der Waals surface area contributed by atoms with Crippen molar-refractivity contribution in [2.45, 2.75) is 58.4 Å². The Morgan fingerprint density at radius 1 is 1.15 bits per heavy atom. The van der Waals surface area contributed by atoms with Gasteiger partial charge in [0.1, 0.15) is 0 Å². The van der Waals surface area contributed by atoms with E-state index in [0.717, 1.165) is 13.1 Å². The van der Waals surface area contributed by atoms with Crippen molar-refractivity contribution >= 4 is 5.69 Å². The minimum absolute atomic E-state index is 0.153. The summed E-state index contributed by atoms with van der Waals surface area (Å²) < 4.78 is 0. The Labute approximate surface area is 124 Å². The largest absolute Gasteiger partial charge is 0.365 e. The minimum Gasteiger partial charge on any atom is -0.365 e. The summed E-state index contributed by atoms with van der Waals surface area (Å²) in [6.07, 6.45) is 6.16. The van der Waals surface area contributed by atoms with Crippen LogP contribution < -0.4 is 10.6 Å². The Balaban J connectivity index is 2.30.